The van der Waals surface area contributed by atoms with Gasteiger partial charge in [0, 0.05) is 24.3 Å². The van der Waals surface area contributed by atoms with Crippen LogP contribution in [-0.4, -0.2) is 12.0 Å². The first-order chi connectivity index (χ1) is 8.78. The van der Waals surface area contributed by atoms with Gasteiger partial charge in [0.1, 0.15) is 11.3 Å². The summed E-state index contributed by atoms with van der Waals surface area (Å²) in [5.41, 5.74) is 3.95. The zero-order valence-corrected chi connectivity index (χ0v) is 10.4. The zero-order valence-electron chi connectivity index (χ0n) is 10.4. The number of furan rings is 1. The largest absolute Gasteiger partial charge is 0.454 e. The lowest BCUT2D eigenvalue weighted by Crippen LogP contribution is -1.89. The summed E-state index contributed by atoms with van der Waals surface area (Å²) in [6.45, 7) is 2.05. The maximum atomic E-state index is 5.89. The Bertz CT molecular complexity index is 701. The van der Waals surface area contributed by atoms with Gasteiger partial charge in [-0.15, -0.1) is 0 Å². The van der Waals surface area contributed by atoms with E-state index in [9.17, 15) is 0 Å². The van der Waals surface area contributed by atoms with Crippen molar-refractivity contribution in [2.75, 3.05) is 12.4 Å². The molecule has 0 unspecified atom stereocenters. The van der Waals surface area contributed by atoms with Crippen LogP contribution in [0.1, 0.15) is 5.56 Å². The van der Waals surface area contributed by atoms with E-state index in [-0.39, 0.29) is 0 Å². The molecule has 18 heavy (non-hydrogen) atoms. The number of fused-ring (bicyclic) bond motifs is 1. The third-order valence-corrected chi connectivity index (χ3v) is 3.04. The molecule has 3 heteroatoms. The van der Waals surface area contributed by atoms with E-state index in [1.54, 1.807) is 6.20 Å². The van der Waals surface area contributed by atoms with Crippen molar-refractivity contribution in [3.8, 4) is 11.5 Å². The van der Waals surface area contributed by atoms with E-state index in [0.29, 0.717) is 0 Å². The van der Waals surface area contributed by atoms with Crippen LogP contribution in [0.4, 0.5) is 5.69 Å². The van der Waals surface area contributed by atoms with E-state index in [2.05, 4.69) is 16.4 Å². The average molecular weight is 238 g/mol. The normalized spacial score (nSPS) is 10.8. The number of hydrogen-bond acceptors (Lipinski definition) is 3. The lowest BCUT2D eigenvalue weighted by Gasteiger charge is -2.00. The molecule has 1 aromatic carbocycles. The van der Waals surface area contributed by atoms with Gasteiger partial charge in [-0.3, -0.25) is 4.98 Å². The predicted octanol–water partition coefficient (Wildman–Crippen LogP) is 3.84. The molecule has 90 valence electrons. The van der Waals surface area contributed by atoms with Crippen molar-refractivity contribution in [1.82, 2.24) is 4.98 Å². The zero-order chi connectivity index (χ0) is 12.5. The van der Waals surface area contributed by atoms with Crippen molar-refractivity contribution in [3.05, 3.63) is 48.2 Å². The third-order valence-electron chi connectivity index (χ3n) is 3.04. The molecule has 3 rings (SSSR count). The van der Waals surface area contributed by atoms with Gasteiger partial charge in [-0.1, -0.05) is 18.2 Å². The molecule has 3 nitrogen and oxygen atoms in total. The molecule has 2 aromatic heterocycles. The van der Waals surface area contributed by atoms with Crippen molar-refractivity contribution in [3.63, 3.8) is 0 Å². The van der Waals surface area contributed by atoms with E-state index >= 15 is 0 Å². The van der Waals surface area contributed by atoms with Gasteiger partial charge in [-0.05, 0) is 30.7 Å². The number of aromatic nitrogens is 1. The predicted molar refractivity (Wildman–Crippen MR) is 73.7 cm³/mol. The highest BCUT2D eigenvalue weighted by Gasteiger charge is 2.09. The van der Waals surface area contributed by atoms with E-state index in [1.165, 1.54) is 0 Å². The third kappa shape index (κ3) is 1.74. The molecule has 0 atom stereocenters. The molecule has 0 radical (unpaired) electrons. The monoisotopic (exact) mass is 238 g/mol. The fraction of sp³-hybridized carbons (Fsp3) is 0.133. The van der Waals surface area contributed by atoms with Crippen LogP contribution in [0.15, 0.2) is 47.0 Å². The number of para-hydroxylation sites is 1. The average Bonchev–Trinajstić information content (AvgIpc) is 2.84. The molecule has 0 fully saturated rings. The molecule has 2 heterocycles. The SMILES string of the molecule is CNc1ccnc(-c2cc3cccc(C)c3o2)c1. The molecule has 0 spiro atoms. The van der Waals surface area contributed by atoms with Crippen molar-refractivity contribution < 1.29 is 4.42 Å². The van der Waals surface area contributed by atoms with Crippen molar-refractivity contribution >= 4 is 16.7 Å². The molecule has 1 N–H and O–H groups in total. The van der Waals surface area contributed by atoms with E-state index < -0.39 is 0 Å². The first kappa shape index (κ1) is 10.8. The molecule has 0 aliphatic heterocycles. The minimum Gasteiger partial charge on any atom is -0.454 e. The van der Waals surface area contributed by atoms with Crippen LogP contribution < -0.4 is 5.32 Å². The first-order valence-corrected chi connectivity index (χ1v) is 5.91. The van der Waals surface area contributed by atoms with E-state index in [1.807, 2.05) is 44.3 Å². The highest BCUT2D eigenvalue weighted by atomic mass is 16.3. The summed E-state index contributed by atoms with van der Waals surface area (Å²) in [4.78, 5) is 4.35. The number of aryl methyl sites for hydroxylation is 1. The van der Waals surface area contributed by atoms with Crippen LogP contribution in [0.25, 0.3) is 22.4 Å². The van der Waals surface area contributed by atoms with Crippen LogP contribution >= 0.6 is 0 Å². The van der Waals surface area contributed by atoms with Gasteiger partial charge in [-0.2, -0.15) is 0 Å². The number of nitrogens with one attached hydrogen (secondary N) is 1. The molecule has 3 aromatic rings. The minimum absolute atomic E-state index is 0.802. The van der Waals surface area contributed by atoms with Crippen LogP contribution in [0.2, 0.25) is 0 Å². The number of anilines is 1. The van der Waals surface area contributed by atoms with Crippen LogP contribution in [0.5, 0.6) is 0 Å². The van der Waals surface area contributed by atoms with Gasteiger partial charge in [0.2, 0.25) is 0 Å². The maximum Gasteiger partial charge on any atom is 0.153 e. The maximum absolute atomic E-state index is 5.89. The van der Waals surface area contributed by atoms with Gasteiger partial charge in [-0.25, -0.2) is 0 Å². The van der Waals surface area contributed by atoms with Gasteiger partial charge in [0.25, 0.3) is 0 Å². The Morgan fingerprint density at radius 2 is 2.06 bits per heavy atom. The van der Waals surface area contributed by atoms with E-state index in [4.69, 9.17) is 4.42 Å². The highest BCUT2D eigenvalue weighted by Crippen LogP contribution is 2.29. The molecule has 0 saturated heterocycles. The Morgan fingerprint density at radius 3 is 2.83 bits per heavy atom. The van der Waals surface area contributed by atoms with Gasteiger partial charge < -0.3 is 9.73 Å². The topological polar surface area (TPSA) is 38.1 Å². The Kier molecular flexibility index (Phi) is 2.52. The summed E-state index contributed by atoms with van der Waals surface area (Å²) in [6, 6.07) is 12.1. The van der Waals surface area contributed by atoms with Crippen LogP contribution in [-0.2, 0) is 0 Å². The van der Waals surface area contributed by atoms with E-state index in [0.717, 1.165) is 33.7 Å². The standard InChI is InChI=1S/C15H14N2O/c1-10-4-3-5-11-8-14(18-15(10)11)13-9-12(16-2)6-7-17-13/h3-9H,1-2H3,(H,16,17). The summed E-state index contributed by atoms with van der Waals surface area (Å²) in [5, 5.41) is 4.21. The number of hydrogen-bond donors (Lipinski definition) is 1. The van der Waals surface area contributed by atoms with Gasteiger partial charge >= 0.3 is 0 Å². The fourth-order valence-electron chi connectivity index (χ4n) is 2.06. The second kappa shape index (κ2) is 4.18. The van der Waals surface area contributed by atoms with Crippen LogP contribution in [0, 0.1) is 6.92 Å². The number of rotatable bonds is 2. The lowest BCUT2D eigenvalue weighted by atomic mass is 10.2. The number of nitrogens with zero attached hydrogens (tertiary/aromatic N) is 1. The summed E-state index contributed by atoms with van der Waals surface area (Å²) in [7, 11) is 1.89. The first-order valence-electron chi connectivity index (χ1n) is 5.91. The molecular formula is C15H14N2O. The van der Waals surface area contributed by atoms with Crippen molar-refractivity contribution in [1.29, 1.82) is 0 Å². The number of pyridine rings is 1. The van der Waals surface area contributed by atoms with Crippen LogP contribution in [0.3, 0.4) is 0 Å². The molecule has 0 aliphatic rings. The summed E-state index contributed by atoms with van der Waals surface area (Å²) >= 11 is 0. The molecular weight excluding hydrogens is 224 g/mol. The molecule has 0 bridgehead atoms. The molecule has 0 amide bonds. The quantitative estimate of drug-likeness (QED) is 0.737. The second-order valence-corrected chi connectivity index (χ2v) is 4.28. The summed E-state index contributed by atoms with van der Waals surface area (Å²) in [5.74, 6) is 0.802. The fourth-order valence-corrected chi connectivity index (χ4v) is 2.06. The highest BCUT2D eigenvalue weighted by molar-refractivity contribution is 5.84. The second-order valence-electron chi connectivity index (χ2n) is 4.28. The lowest BCUT2D eigenvalue weighted by molar-refractivity contribution is 0.626. The van der Waals surface area contributed by atoms with Gasteiger partial charge in [0.05, 0.1) is 0 Å². The summed E-state index contributed by atoms with van der Waals surface area (Å²) in [6.07, 6.45) is 1.78. The summed E-state index contributed by atoms with van der Waals surface area (Å²) < 4.78 is 5.89. The molecule has 0 aliphatic carbocycles. The van der Waals surface area contributed by atoms with Crippen molar-refractivity contribution in [2.24, 2.45) is 0 Å². The Labute approximate surface area is 105 Å². The van der Waals surface area contributed by atoms with Gasteiger partial charge in [0.15, 0.2) is 5.76 Å². The molecule has 0 saturated carbocycles. The Balaban J connectivity index is 2.16. The van der Waals surface area contributed by atoms with Crippen molar-refractivity contribution in [2.45, 2.75) is 6.92 Å². The number of benzene rings is 1. The Morgan fingerprint density at radius 1 is 1.17 bits per heavy atom. The Hall–Kier alpha value is -2.29. The smallest absolute Gasteiger partial charge is 0.153 e. The minimum atomic E-state index is 0.802.